The monoisotopic (exact) mass is 264 g/mol. The summed E-state index contributed by atoms with van der Waals surface area (Å²) in [6, 6.07) is 4.24. The van der Waals surface area contributed by atoms with Gasteiger partial charge in [0.2, 0.25) is 0 Å². The molecule has 1 N–H and O–H groups in total. The maximum Gasteiger partial charge on any atom is 0.101 e. The highest BCUT2D eigenvalue weighted by Gasteiger charge is 2.21. The van der Waals surface area contributed by atoms with Crippen LogP contribution >= 0.6 is 11.8 Å². The molecule has 2 unspecified atom stereocenters. The van der Waals surface area contributed by atoms with Crippen molar-refractivity contribution in [2.24, 2.45) is 5.92 Å². The van der Waals surface area contributed by atoms with Crippen LogP contribution in [0.25, 0.3) is 0 Å². The van der Waals surface area contributed by atoms with Crippen LogP contribution in [0, 0.1) is 5.92 Å². The smallest absolute Gasteiger partial charge is 0.101 e. The van der Waals surface area contributed by atoms with Gasteiger partial charge in [-0.15, -0.1) is 11.8 Å². The predicted octanol–water partition coefficient (Wildman–Crippen LogP) is 3.86. The van der Waals surface area contributed by atoms with Crippen molar-refractivity contribution in [2.45, 2.75) is 56.4 Å². The Morgan fingerprint density at radius 3 is 3.11 bits per heavy atom. The average Bonchev–Trinajstić information content (AvgIpc) is 2.38. The normalized spacial score (nSPS) is 24.1. The fraction of sp³-hybridized carbons (Fsp3) is 0.667. The molecule has 1 aliphatic carbocycles. The van der Waals surface area contributed by atoms with Gasteiger partial charge in [0.25, 0.3) is 0 Å². The Balaban J connectivity index is 1.99. The minimum atomic E-state index is 0.768. The number of nitrogens with zero attached hydrogens (tertiary/aromatic N) is 1. The van der Waals surface area contributed by atoms with Crippen molar-refractivity contribution in [3.63, 3.8) is 0 Å². The summed E-state index contributed by atoms with van der Waals surface area (Å²) in [5.74, 6) is 0.886. The summed E-state index contributed by atoms with van der Waals surface area (Å²) in [7, 11) is 0. The van der Waals surface area contributed by atoms with Crippen LogP contribution < -0.4 is 5.32 Å². The first-order valence-electron chi connectivity index (χ1n) is 7.11. The van der Waals surface area contributed by atoms with Crippen LogP contribution in [0.1, 0.15) is 45.1 Å². The summed E-state index contributed by atoms with van der Waals surface area (Å²) in [6.07, 6.45) is 7.41. The molecule has 1 aliphatic rings. The highest BCUT2D eigenvalue weighted by atomic mass is 32.2. The predicted molar refractivity (Wildman–Crippen MR) is 78.9 cm³/mol. The summed E-state index contributed by atoms with van der Waals surface area (Å²) >= 11 is 1.99. The first kappa shape index (κ1) is 13.9. The Morgan fingerprint density at radius 1 is 1.44 bits per heavy atom. The first-order valence-corrected chi connectivity index (χ1v) is 7.98. The molecule has 1 aromatic rings. The second-order valence-electron chi connectivity index (χ2n) is 5.26. The molecule has 0 radical (unpaired) electrons. The van der Waals surface area contributed by atoms with Gasteiger partial charge in [0.15, 0.2) is 0 Å². The number of hydrogen-bond donors (Lipinski definition) is 1. The summed E-state index contributed by atoms with van der Waals surface area (Å²) in [6.45, 7) is 6.48. The van der Waals surface area contributed by atoms with E-state index in [9.17, 15) is 0 Å². The Hall–Kier alpha value is -0.540. The lowest BCUT2D eigenvalue weighted by molar-refractivity contribution is 0.394. The molecule has 0 amide bonds. The molecule has 0 aliphatic heterocycles. The summed E-state index contributed by atoms with van der Waals surface area (Å²) in [5.41, 5.74) is 1.35. The van der Waals surface area contributed by atoms with Crippen LogP contribution in [-0.4, -0.2) is 16.8 Å². The van der Waals surface area contributed by atoms with Crippen molar-refractivity contribution in [2.75, 3.05) is 6.54 Å². The summed E-state index contributed by atoms with van der Waals surface area (Å²) in [4.78, 5) is 4.57. The second kappa shape index (κ2) is 7.15. The number of pyridine rings is 1. The summed E-state index contributed by atoms with van der Waals surface area (Å²) in [5, 5.41) is 5.40. The van der Waals surface area contributed by atoms with Crippen molar-refractivity contribution in [3.05, 3.63) is 23.9 Å². The van der Waals surface area contributed by atoms with Gasteiger partial charge in [0, 0.05) is 18.0 Å². The zero-order chi connectivity index (χ0) is 12.8. The van der Waals surface area contributed by atoms with Gasteiger partial charge in [-0.1, -0.05) is 32.8 Å². The highest BCUT2D eigenvalue weighted by Crippen LogP contribution is 2.36. The quantitative estimate of drug-likeness (QED) is 0.874. The third-order valence-electron chi connectivity index (χ3n) is 3.58. The molecule has 1 saturated carbocycles. The molecule has 0 bridgehead atoms. The minimum absolute atomic E-state index is 0.768. The lowest BCUT2D eigenvalue weighted by Crippen LogP contribution is -2.17. The van der Waals surface area contributed by atoms with Gasteiger partial charge >= 0.3 is 0 Å². The number of hydrogen-bond acceptors (Lipinski definition) is 3. The average molecular weight is 264 g/mol. The molecule has 1 heterocycles. The Kier molecular flexibility index (Phi) is 5.51. The van der Waals surface area contributed by atoms with Gasteiger partial charge in [0.1, 0.15) is 5.03 Å². The maximum atomic E-state index is 4.57. The topological polar surface area (TPSA) is 24.9 Å². The molecule has 0 aromatic carbocycles. The van der Waals surface area contributed by atoms with Crippen molar-refractivity contribution in [3.8, 4) is 0 Å². The van der Waals surface area contributed by atoms with Gasteiger partial charge in [-0.25, -0.2) is 4.98 Å². The number of rotatable bonds is 5. The van der Waals surface area contributed by atoms with Crippen molar-refractivity contribution < 1.29 is 0 Å². The molecule has 0 saturated heterocycles. The molecule has 3 heteroatoms. The van der Waals surface area contributed by atoms with E-state index in [0.29, 0.717) is 0 Å². The largest absolute Gasteiger partial charge is 0.313 e. The lowest BCUT2D eigenvalue weighted by atomic mass is 9.91. The third-order valence-corrected chi connectivity index (χ3v) is 4.93. The molecule has 18 heavy (non-hydrogen) atoms. The van der Waals surface area contributed by atoms with E-state index in [2.05, 4.69) is 30.2 Å². The molecule has 0 spiro atoms. The highest BCUT2D eigenvalue weighted by molar-refractivity contribution is 7.99. The van der Waals surface area contributed by atoms with Crippen molar-refractivity contribution >= 4 is 11.8 Å². The number of thioether (sulfide) groups is 1. The van der Waals surface area contributed by atoms with Crippen LogP contribution in [0.4, 0.5) is 0 Å². The zero-order valence-electron chi connectivity index (χ0n) is 11.5. The van der Waals surface area contributed by atoms with E-state index < -0.39 is 0 Å². The number of aromatic nitrogens is 1. The van der Waals surface area contributed by atoms with Crippen LogP contribution in [0.15, 0.2) is 23.4 Å². The van der Waals surface area contributed by atoms with Crippen LogP contribution in [0.2, 0.25) is 0 Å². The standard InChI is InChI=1S/C15H24N2S/c1-3-16-11-13-7-5-9-17-15(13)18-14-8-4-6-12(2)10-14/h5,7,9,12,14,16H,3-4,6,8,10-11H2,1-2H3. The molecule has 2 nitrogen and oxygen atoms in total. The van der Waals surface area contributed by atoms with E-state index in [-0.39, 0.29) is 0 Å². The fourth-order valence-corrected chi connectivity index (χ4v) is 4.01. The van der Waals surface area contributed by atoms with Gasteiger partial charge in [-0.05, 0) is 36.9 Å². The Morgan fingerprint density at radius 2 is 2.33 bits per heavy atom. The lowest BCUT2D eigenvalue weighted by Gasteiger charge is -2.26. The molecule has 1 fully saturated rings. The van der Waals surface area contributed by atoms with Crippen molar-refractivity contribution in [1.82, 2.24) is 10.3 Å². The molecule has 1 aromatic heterocycles. The van der Waals surface area contributed by atoms with Gasteiger partial charge in [-0.2, -0.15) is 0 Å². The van der Waals surface area contributed by atoms with E-state index in [1.807, 2.05) is 24.0 Å². The SMILES string of the molecule is CCNCc1cccnc1SC1CCCC(C)C1. The fourth-order valence-electron chi connectivity index (χ4n) is 2.57. The van der Waals surface area contributed by atoms with Crippen LogP contribution in [0.3, 0.4) is 0 Å². The van der Waals surface area contributed by atoms with Gasteiger partial charge in [0.05, 0.1) is 0 Å². The molecular weight excluding hydrogens is 240 g/mol. The first-order chi connectivity index (χ1) is 8.79. The maximum absolute atomic E-state index is 4.57. The number of nitrogens with one attached hydrogen (secondary N) is 1. The Labute approximate surface area is 115 Å². The van der Waals surface area contributed by atoms with Gasteiger partial charge in [-0.3, -0.25) is 0 Å². The van der Waals surface area contributed by atoms with Gasteiger partial charge < -0.3 is 5.32 Å². The van der Waals surface area contributed by atoms with Crippen LogP contribution in [-0.2, 0) is 6.54 Å². The zero-order valence-corrected chi connectivity index (χ0v) is 12.3. The van der Waals surface area contributed by atoms with E-state index in [1.165, 1.54) is 36.3 Å². The molecule has 2 atom stereocenters. The Bertz CT molecular complexity index is 367. The molecule has 2 rings (SSSR count). The minimum Gasteiger partial charge on any atom is -0.313 e. The van der Waals surface area contributed by atoms with E-state index in [0.717, 1.165) is 24.3 Å². The van der Waals surface area contributed by atoms with E-state index >= 15 is 0 Å². The second-order valence-corrected chi connectivity index (χ2v) is 6.55. The van der Waals surface area contributed by atoms with E-state index in [4.69, 9.17) is 0 Å². The molecular formula is C15H24N2S. The van der Waals surface area contributed by atoms with E-state index in [1.54, 1.807) is 0 Å². The van der Waals surface area contributed by atoms with Crippen molar-refractivity contribution in [1.29, 1.82) is 0 Å². The molecule has 100 valence electrons. The third kappa shape index (κ3) is 3.99. The summed E-state index contributed by atoms with van der Waals surface area (Å²) < 4.78 is 0. The van der Waals surface area contributed by atoms with Crippen LogP contribution in [0.5, 0.6) is 0 Å².